The first-order valence-electron chi connectivity index (χ1n) is 8.96. The maximum absolute atomic E-state index is 12.6. The van der Waals surface area contributed by atoms with Crippen molar-refractivity contribution in [3.63, 3.8) is 0 Å². The number of carboxylic acid groups (broad SMARTS) is 1. The highest BCUT2D eigenvalue weighted by molar-refractivity contribution is 7.81. The zero-order valence-corrected chi connectivity index (χ0v) is 16.4. The molecular formula is C19H26N2O5S. The Kier molecular flexibility index (Phi) is 7.53. The highest BCUT2D eigenvalue weighted by Crippen LogP contribution is 2.23. The average Bonchev–Trinajstić information content (AvgIpc) is 3.01. The first kappa shape index (κ1) is 21.1. The zero-order chi connectivity index (χ0) is 20.0. The molecule has 2 rings (SSSR count). The standard InChI is InChI=1S/C19H26N2O5S/c1-12(2)8-15(18(23)24)20-17(22)16-9-14(27)10-21(16)19(25)26-11-13-6-4-3-5-7-13/h3-7,12,14-16,27H,8-11H2,1-2H3,(H,20,22)(H,23,24)/t14-,15+,16+/m1/s1. The number of aliphatic carboxylic acids is 1. The van der Waals surface area contributed by atoms with Gasteiger partial charge in [-0.25, -0.2) is 9.59 Å². The molecule has 0 spiro atoms. The first-order chi connectivity index (χ1) is 12.8. The van der Waals surface area contributed by atoms with Crippen molar-refractivity contribution in [2.75, 3.05) is 6.54 Å². The molecule has 0 saturated carbocycles. The Hall–Kier alpha value is -2.22. The van der Waals surface area contributed by atoms with Crippen LogP contribution in [0.4, 0.5) is 4.79 Å². The Morgan fingerprint density at radius 3 is 2.56 bits per heavy atom. The van der Waals surface area contributed by atoms with Gasteiger partial charge in [-0.2, -0.15) is 12.6 Å². The number of carboxylic acids is 1. The second-order valence-electron chi connectivity index (χ2n) is 7.13. The van der Waals surface area contributed by atoms with Crippen molar-refractivity contribution < 1.29 is 24.2 Å². The van der Waals surface area contributed by atoms with E-state index in [0.717, 1.165) is 5.56 Å². The third-order valence-corrected chi connectivity index (χ3v) is 4.72. The molecule has 1 saturated heterocycles. The summed E-state index contributed by atoms with van der Waals surface area (Å²) in [5.41, 5.74) is 0.844. The number of nitrogens with one attached hydrogen (secondary N) is 1. The van der Waals surface area contributed by atoms with Crippen molar-refractivity contribution in [3.8, 4) is 0 Å². The molecule has 7 nitrogen and oxygen atoms in total. The smallest absolute Gasteiger partial charge is 0.410 e. The molecule has 1 aliphatic heterocycles. The van der Waals surface area contributed by atoms with E-state index in [9.17, 15) is 19.5 Å². The molecule has 0 aromatic heterocycles. The van der Waals surface area contributed by atoms with Crippen molar-refractivity contribution in [2.45, 2.75) is 50.6 Å². The second-order valence-corrected chi connectivity index (χ2v) is 7.86. The number of hydrogen-bond donors (Lipinski definition) is 3. The number of amides is 2. The van der Waals surface area contributed by atoms with Crippen molar-refractivity contribution in [2.24, 2.45) is 5.92 Å². The number of benzene rings is 1. The summed E-state index contributed by atoms with van der Waals surface area (Å²) in [6.07, 6.45) is 0.0613. The van der Waals surface area contributed by atoms with Gasteiger partial charge in [0, 0.05) is 11.8 Å². The van der Waals surface area contributed by atoms with Gasteiger partial charge in [0.15, 0.2) is 0 Å². The lowest BCUT2D eigenvalue weighted by molar-refractivity contribution is -0.142. The van der Waals surface area contributed by atoms with E-state index < -0.39 is 30.1 Å². The number of likely N-dealkylation sites (tertiary alicyclic amines) is 1. The van der Waals surface area contributed by atoms with Gasteiger partial charge in [0.05, 0.1) is 0 Å². The summed E-state index contributed by atoms with van der Waals surface area (Å²) in [6, 6.07) is 7.47. The Morgan fingerprint density at radius 2 is 1.96 bits per heavy atom. The molecule has 0 bridgehead atoms. The summed E-state index contributed by atoms with van der Waals surface area (Å²) in [5.74, 6) is -1.47. The van der Waals surface area contributed by atoms with E-state index in [1.165, 1.54) is 4.90 Å². The fourth-order valence-corrected chi connectivity index (χ4v) is 3.40. The van der Waals surface area contributed by atoms with Crippen LogP contribution in [0.25, 0.3) is 0 Å². The number of hydrogen-bond acceptors (Lipinski definition) is 5. The molecule has 1 heterocycles. The third kappa shape index (κ3) is 6.16. The lowest BCUT2D eigenvalue weighted by Crippen LogP contribution is -2.51. The summed E-state index contributed by atoms with van der Waals surface area (Å²) in [4.78, 5) is 37.8. The molecule has 1 aromatic carbocycles. The maximum atomic E-state index is 12.6. The van der Waals surface area contributed by atoms with Crippen LogP contribution in [0.5, 0.6) is 0 Å². The fraction of sp³-hybridized carbons (Fsp3) is 0.526. The zero-order valence-electron chi connectivity index (χ0n) is 15.5. The summed E-state index contributed by atoms with van der Waals surface area (Å²) < 4.78 is 5.31. The van der Waals surface area contributed by atoms with Crippen molar-refractivity contribution in [3.05, 3.63) is 35.9 Å². The molecule has 3 atom stereocenters. The van der Waals surface area contributed by atoms with E-state index in [2.05, 4.69) is 17.9 Å². The largest absolute Gasteiger partial charge is 0.480 e. The van der Waals surface area contributed by atoms with E-state index in [1.54, 1.807) is 0 Å². The number of carbonyl (C=O) groups excluding carboxylic acids is 2. The van der Waals surface area contributed by atoms with Crippen molar-refractivity contribution >= 4 is 30.6 Å². The van der Waals surface area contributed by atoms with Gasteiger partial charge in [-0.3, -0.25) is 9.69 Å². The number of carbonyl (C=O) groups is 3. The minimum absolute atomic E-state index is 0.104. The number of nitrogens with zero attached hydrogens (tertiary/aromatic N) is 1. The van der Waals surface area contributed by atoms with Crippen LogP contribution in [0.2, 0.25) is 0 Å². The van der Waals surface area contributed by atoms with Crippen molar-refractivity contribution in [1.29, 1.82) is 0 Å². The molecule has 148 valence electrons. The monoisotopic (exact) mass is 394 g/mol. The Bertz CT molecular complexity index is 667. The van der Waals surface area contributed by atoms with E-state index in [0.29, 0.717) is 12.8 Å². The van der Waals surface area contributed by atoms with Gasteiger partial charge in [-0.1, -0.05) is 44.2 Å². The Balaban J connectivity index is 1.99. The Morgan fingerprint density at radius 1 is 1.30 bits per heavy atom. The summed E-state index contributed by atoms with van der Waals surface area (Å²) >= 11 is 4.38. The van der Waals surface area contributed by atoms with E-state index >= 15 is 0 Å². The van der Waals surface area contributed by atoms with E-state index in [4.69, 9.17) is 4.74 Å². The summed E-state index contributed by atoms with van der Waals surface area (Å²) in [5, 5.41) is 11.7. The van der Waals surface area contributed by atoms with Gasteiger partial charge < -0.3 is 15.2 Å². The molecule has 0 unspecified atom stereocenters. The van der Waals surface area contributed by atoms with Gasteiger partial charge in [-0.15, -0.1) is 0 Å². The van der Waals surface area contributed by atoms with Crippen LogP contribution < -0.4 is 5.32 Å². The second kappa shape index (κ2) is 9.64. The molecular weight excluding hydrogens is 368 g/mol. The molecule has 0 aliphatic carbocycles. The topological polar surface area (TPSA) is 95.9 Å². The number of ether oxygens (including phenoxy) is 1. The molecule has 8 heteroatoms. The van der Waals surface area contributed by atoms with E-state index in [1.807, 2.05) is 44.2 Å². The minimum Gasteiger partial charge on any atom is -0.480 e. The molecule has 1 aliphatic rings. The van der Waals surface area contributed by atoms with Gasteiger partial charge in [0.1, 0.15) is 18.7 Å². The molecule has 2 amide bonds. The van der Waals surface area contributed by atoms with Crippen LogP contribution in [-0.4, -0.2) is 51.9 Å². The number of thiol groups is 1. The number of rotatable bonds is 7. The van der Waals surface area contributed by atoms with Gasteiger partial charge >= 0.3 is 12.1 Å². The minimum atomic E-state index is -1.09. The van der Waals surface area contributed by atoms with Crippen LogP contribution in [-0.2, 0) is 20.9 Å². The highest BCUT2D eigenvalue weighted by atomic mass is 32.1. The third-order valence-electron chi connectivity index (χ3n) is 4.34. The highest BCUT2D eigenvalue weighted by Gasteiger charge is 2.40. The van der Waals surface area contributed by atoms with Gasteiger partial charge in [-0.05, 0) is 24.3 Å². The van der Waals surface area contributed by atoms with Crippen LogP contribution >= 0.6 is 12.6 Å². The maximum Gasteiger partial charge on any atom is 0.410 e. The van der Waals surface area contributed by atoms with Gasteiger partial charge in [0.25, 0.3) is 0 Å². The van der Waals surface area contributed by atoms with Crippen LogP contribution in [0, 0.1) is 5.92 Å². The van der Waals surface area contributed by atoms with Crippen LogP contribution in [0.1, 0.15) is 32.3 Å². The molecule has 1 fully saturated rings. The first-order valence-corrected chi connectivity index (χ1v) is 9.48. The predicted molar refractivity (Wildman–Crippen MR) is 104 cm³/mol. The van der Waals surface area contributed by atoms with Crippen molar-refractivity contribution in [1.82, 2.24) is 10.2 Å². The van der Waals surface area contributed by atoms with Crippen LogP contribution in [0.3, 0.4) is 0 Å². The average molecular weight is 394 g/mol. The van der Waals surface area contributed by atoms with Gasteiger partial charge in [0.2, 0.25) is 5.91 Å². The SMILES string of the molecule is CC(C)C[C@H](NC(=O)[C@@H]1C[C@@H](S)CN1C(=O)OCc1ccccc1)C(=O)O. The predicted octanol–water partition coefficient (Wildman–Crippen LogP) is 2.31. The lowest BCUT2D eigenvalue weighted by atomic mass is 10.0. The normalized spacial score (nSPS) is 20.4. The molecule has 27 heavy (non-hydrogen) atoms. The van der Waals surface area contributed by atoms with E-state index in [-0.39, 0.29) is 24.3 Å². The van der Waals surface area contributed by atoms with Crippen LogP contribution in [0.15, 0.2) is 30.3 Å². The fourth-order valence-electron chi connectivity index (χ4n) is 3.03. The summed E-state index contributed by atoms with van der Waals surface area (Å²) in [6.45, 7) is 4.15. The Labute approximate surface area is 164 Å². The molecule has 0 radical (unpaired) electrons. The quantitative estimate of drug-likeness (QED) is 0.617. The molecule has 2 N–H and O–H groups in total. The lowest BCUT2D eigenvalue weighted by Gasteiger charge is -2.25. The molecule has 1 aromatic rings. The summed E-state index contributed by atoms with van der Waals surface area (Å²) in [7, 11) is 0.